The van der Waals surface area contributed by atoms with Crippen molar-refractivity contribution in [3.05, 3.63) is 30.1 Å². The Kier molecular flexibility index (Phi) is 5.24. The highest BCUT2D eigenvalue weighted by atomic mass is 32.2. The number of hydrogen-bond donors (Lipinski definition) is 1. The highest BCUT2D eigenvalue weighted by Gasteiger charge is 2.17. The first kappa shape index (κ1) is 14.8. The average Bonchev–Trinajstić information content (AvgIpc) is 2.88. The highest BCUT2D eigenvalue weighted by Crippen LogP contribution is 2.28. The minimum Gasteiger partial charge on any atom is -0.210 e. The normalized spacial score (nSPS) is 16.9. The summed E-state index contributed by atoms with van der Waals surface area (Å²) in [6, 6.07) is 5.06. The molecule has 0 atom stereocenters. The van der Waals surface area contributed by atoms with Crippen molar-refractivity contribution in [1.82, 2.24) is 4.72 Å². The van der Waals surface area contributed by atoms with E-state index in [4.69, 9.17) is 0 Å². The predicted molar refractivity (Wildman–Crippen MR) is 76.3 cm³/mol. The van der Waals surface area contributed by atoms with E-state index < -0.39 is 15.8 Å². The first-order chi connectivity index (χ1) is 9.08. The molecule has 3 nitrogen and oxygen atoms in total. The first-order valence-corrected chi connectivity index (χ1v) is 8.98. The van der Waals surface area contributed by atoms with Crippen LogP contribution in [-0.2, 0) is 10.0 Å². The molecule has 1 fully saturated rings. The summed E-state index contributed by atoms with van der Waals surface area (Å²) in [6.07, 6.45) is 5.04. The molecule has 1 saturated carbocycles. The zero-order valence-electron chi connectivity index (χ0n) is 10.6. The number of nitrogens with one attached hydrogen (secondary N) is 1. The van der Waals surface area contributed by atoms with Crippen molar-refractivity contribution in [3.8, 4) is 0 Å². The van der Waals surface area contributed by atoms with Crippen LogP contribution in [0.5, 0.6) is 0 Å². The van der Waals surface area contributed by atoms with E-state index in [0.29, 0.717) is 11.8 Å². The number of benzene rings is 1. The van der Waals surface area contributed by atoms with Gasteiger partial charge in [-0.05, 0) is 31.0 Å². The summed E-state index contributed by atoms with van der Waals surface area (Å²) in [5, 5.41) is 0.679. The van der Waals surface area contributed by atoms with Gasteiger partial charge in [-0.2, -0.15) is 11.8 Å². The third-order valence-corrected chi connectivity index (χ3v) is 6.00. The van der Waals surface area contributed by atoms with Crippen LogP contribution in [0, 0.1) is 5.82 Å². The van der Waals surface area contributed by atoms with Crippen LogP contribution >= 0.6 is 11.8 Å². The second-order valence-corrected chi connectivity index (χ2v) is 7.81. The lowest BCUT2D eigenvalue weighted by Crippen LogP contribution is -2.26. The van der Waals surface area contributed by atoms with Gasteiger partial charge in [-0.3, -0.25) is 0 Å². The Morgan fingerprint density at radius 2 is 2.05 bits per heavy atom. The van der Waals surface area contributed by atoms with Gasteiger partial charge in [0.15, 0.2) is 0 Å². The first-order valence-electron chi connectivity index (χ1n) is 6.45. The van der Waals surface area contributed by atoms with Crippen molar-refractivity contribution >= 4 is 21.8 Å². The van der Waals surface area contributed by atoms with Crippen LogP contribution in [0.25, 0.3) is 0 Å². The van der Waals surface area contributed by atoms with Crippen LogP contribution in [-0.4, -0.2) is 26.0 Å². The lowest BCUT2D eigenvalue weighted by atomic mass is 10.4. The summed E-state index contributed by atoms with van der Waals surface area (Å²) in [7, 11) is -3.58. The smallest absolute Gasteiger partial charge is 0.210 e. The van der Waals surface area contributed by atoms with E-state index in [0.717, 1.165) is 11.8 Å². The maximum absolute atomic E-state index is 13.0. The molecule has 19 heavy (non-hydrogen) atoms. The maximum atomic E-state index is 13.0. The minimum absolute atomic E-state index is 0.0154. The SMILES string of the molecule is O=S(=O)(NCCSC1CCCC1)c1cccc(F)c1. The fourth-order valence-electron chi connectivity index (χ4n) is 2.17. The van der Waals surface area contributed by atoms with E-state index in [1.807, 2.05) is 11.8 Å². The molecular formula is C13H18FNO2S2. The third-order valence-electron chi connectivity index (χ3n) is 3.16. The van der Waals surface area contributed by atoms with Crippen molar-refractivity contribution in [1.29, 1.82) is 0 Å². The lowest BCUT2D eigenvalue weighted by molar-refractivity contribution is 0.580. The molecule has 0 aliphatic heterocycles. The number of halogens is 1. The molecule has 0 aromatic heterocycles. The van der Waals surface area contributed by atoms with Crippen LogP contribution < -0.4 is 4.72 Å². The van der Waals surface area contributed by atoms with Gasteiger partial charge in [-0.15, -0.1) is 0 Å². The number of rotatable bonds is 6. The van der Waals surface area contributed by atoms with Gasteiger partial charge in [0.2, 0.25) is 10.0 Å². The molecule has 0 spiro atoms. The molecule has 1 N–H and O–H groups in total. The highest BCUT2D eigenvalue weighted by molar-refractivity contribution is 8.00. The molecule has 0 bridgehead atoms. The largest absolute Gasteiger partial charge is 0.240 e. The Labute approximate surface area is 118 Å². The van der Waals surface area contributed by atoms with Crippen molar-refractivity contribution in [2.45, 2.75) is 35.8 Å². The molecule has 0 saturated heterocycles. The van der Waals surface area contributed by atoms with E-state index in [9.17, 15) is 12.8 Å². The Bertz CT molecular complexity index is 513. The average molecular weight is 303 g/mol. The van der Waals surface area contributed by atoms with Crippen LogP contribution in [0.2, 0.25) is 0 Å². The molecule has 0 radical (unpaired) electrons. The molecule has 1 aromatic carbocycles. The van der Waals surface area contributed by atoms with Gasteiger partial charge >= 0.3 is 0 Å². The van der Waals surface area contributed by atoms with E-state index in [1.165, 1.54) is 43.9 Å². The van der Waals surface area contributed by atoms with E-state index >= 15 is 0 Å². The Balaban J connectivity index is 1.80. The molecule has 1 aliphatic rings. The molecule has 1 aliphatic carbocycles. The fourth-order valence-corrected chi connectivity index (χ4v) is 4.59. The predicted octanol–water partition coefficient (Wildman–Crippen LogP) is 2.78. The summed E-state index contributed by atoms with van der Waals surface area (Å²) in [4.78, 5) is -0.0154. The van der Waals surface area contributed by atoms with Gasteiger partial charge in [0.05, 0.1) is 4.90 Å². The summed E-state index contributed by atoms with van der Waals surface area (Å²) in [6.45, 7) is 0.389. The zero-order chi connectivity index (χ0) is 13.7. The minimum atomic E-state index is -3.58. The van der Waals surface area contributed by atoms with Gasteiger partial charge in [0, 0.05) is 17.5 Å². The lowest BCUT2D eigenvalue weighted by Gasteiger charge is -2.10. The van der Waals surface area contributed by atoms with Crippen molar-refractivity contribution in [2.75, 3.05) is 12.3 Å². The fraction of sp³-hybridized carbons (Fsp3) is 0.538. The van der Waals surface area contributed by atoms with Crippen LogP contribution in [0.15, 0.2) is 29.2 Å². The van der Waals surface area contributed by atoms with Crippen molar-refractivity contribution in [2.24, 2.45) is 0 Å². The maximum Gasteiger partial charge on any atom is 0.240 e. The van der Waals surface area contributed by atoms with Crippen LogP contribution in [0.4, 0.5) is 4.39 Å². The van der Waals surface area contributed by atoms with Crippen LogP contribution in [0.3, 0.4) is 0 Å². The van der Waals surface area contributed by atoms with Crippen molar-refractivity contribution in [3.63, 3.8) is 0 Å². The molecule has 6 heteroatoms. The second-order valence-electron chi connectivity index (χ2n) is 4.63. The standard InChI is InChI=1S/C13H18FNO2S2/c14-11-4-3-7-13(10-11)19(16,17)15-8-9-18-12-5-1-2-6-12/h3-4,7,10,12,15H,1-2,5-6,8-9H2. The van der Waals surface area contributed by atoms with Gasteiger partial charge in [-0.25, -0.2) is 17.5 Å². The molecule has 2 rings (SSSR count). The quantitative estimate of drug-likeness (QED) is 0.822. The Hall–Kier alpha value is -0.590. The summed E-state index contributed by atoms with van der Waals surface area (Å²) in [5.41, 5.74) is 0. The Morgan fingerprint density at radius 3 is 2.74 bits per heavy atom. The molecule has 0 heterocycles. The number of thioether (sulfide) groups is 1. The molecule has 0 unspecified atom stereocenters. The number of sulfonamides is 1. The van der Waals surface area contributed by atoms with E-state index in [1.54, 1.807) is 0 Å². The topological polar surface area (TPSA) is 46.2 Å². The molecule has 106 valence electrons. The third kappa shape index (κ3) is 4.47. The molecular weight excluding hydrogens is 285 g/mol. The van der Waals surface area contributed by atoms with Crippen LogP contribution in [0.1, 0.15) is 25.7 Å². The molecule has 0 amide bonds. The summed E-state index contributed by atoms with van der Waals surface area (Å²) >= 11 is 1.82. The van der Waals surface area contributed by atoms with E-state index in [-0.39, 0.29) is 4.90 Å². The van der Waals surface area contributed by atoms with Crippen molar-refractivity contribution < 1.29 is 12.8 Å². The molecule has 1 aromatic rings. The number of hydrogen-bond acceptors (Lipinski definition) is 3. The van der Waals surface area contributed by atoms with Gasteiger partial charge in [-0.1, -0.05) is 18.9 Å². The van der Waals surface area contributed by atoms with E-state index in [2.05, 4.69) is 4.72 Å². The summed E-state index contributed by atoms with van der Waals surface area (Å²) < 4.78 is 39.3. The second kappa shape index (κ2) is 6.72. The zero-order valence-corrected chi connectivity index (χ0v) is 12.3. The van der Waals surface area contributed by atoms with Gasteiger partial charge < -0.3 is 0 Å². The monoisotopic (exact) mass is 303 g/mol. The summed E-state index contributed by atoms with van der Waals surface area (Å²) in [5.74, 6) is 0.224. The Morgan fingerprint density at radius 1 is 1.32 bits per heavy atom. The van der Waals surface area contributed by atoms with Gasteiger partial charge in [0.1, 0.15) is 5.82 Å². The van der Waals surface area contributed by atoms with Gasteiger partial charge in [0.25, 0.3) is 0 Å².